The van der Waals surface area contributed by atoms with Gasteiger partial charge in [0.05, 0.1) is 10.3 Å². The molecule has 0 unspecified atom stereocenters. The second-order valence-corrected chi connectivity index (χ2v) is 6.08. The Morgan fingerprint density at radius 3 is 2.53 bits per heavy atom. The van der Waals surface area contributed by atoms with Gasteiger partial charge < -0.3 is 0 Å². The van der Waals surface area contributed by atoms with Crippen LogP contribution in [0.1, 0.15) is 19.4 Å². The number of aryl methyl sites for hydroxylation is 1. The maximum absolute atomic E-state index is 12.0. The molecule has 0 atom stereocenters. The molecular weight excluding hydrogens is 270 g/mol. The Labute approximate surface area is 110 Å². The van der Waals surface area contributed by atoms with Crippen LogP contribution in [0.25, 0.3) is 6.20 Å². The normalized spacial score (nSPS) is 16.5. The lowest BCUT2D eigenvalue weighted by Gasteiger charge is -2.23. The monoisotopic (exact) mass is 283 g/mol. The summed E-state index contributed by atoms with van der Waals surface area (Å²) in [7, 11) is -3.76. The zero-order valence-corrected chi connectivity index (χ0v) is 11.5. The number of rotatable bonds is 2. The third-order valence-electron chi connectivity index (χ3n) is 2.77. The van der Waals surface area contributed by atoms with Crippen molar-refractivity contribution in [3.63, 3.8) is 0 Å². The first kappa shape index (κ1) is 13.5. The van der Waals surface area contributed by atoms with Crippen LogP contribution < -0.4 is 10.6 Å². The molecule has 1 aliphatic heterocycles. The van der Waals surface area contributed by atoms with Gasteiger partial charge in [0, 0.05) is 29.6 Å². The molecule has 1 heterocycles. The van der Waals surface area contributed by atoms with E-state index in [1.807, 2.05) is 0 Å². The molecule has 8 heteroatoms. The van der Waals surface area contributed by atoms with E-state index in [1.165, 1.54) is 18.3 Å². The maximum atomic E-state index is 12.0. The predicted molar refractivity (Wildman–Crippen MR) is 69.0 cm³/mol. The van der Waals surface area contributed by atoms with Gasteiger partial charge in [-0.25, -0.2) is 0 Å². The lowest BCUT2D eigenvalue weighted by molar-refractivity contribution is -0.385. The van der Waals surface area contributed by atoms with E-state index in [0.29, 0.717) is 10.8 Å². The first-order valence-corrected chi connectivity index (χ1v) is 7.02. The predicted octanol–water partition coefficient (Wildman–Crippen LogP) is 0.230. The Morgan fingerprint density at radius 2 is 2.00 bits per heavy atom. The van der Waals surface area contributed by atoms with Crippen LogP contribution in [0.15, 0.2) is 16.5 Å². The van der Waals surface area contributed by atoms with Crippen LogP contribution in [0.4, 0.5) is 5.69 Å². The molecule has 2 rings (SSSR count). The molecule has 0 saturated carbocycles. The minimum absolute atomic E-state index is 0.0781. The van der Waals surface area contributed by atoms with Crippen molar-refractivity contribution >= 4 is 22.1 Å². The summed E-state index contributed by atoms with van der Waals surface area (Å²) in [6, 6.07) is 2.34. The summed E-state index contributed by atoms with van der Waals surface area (Å²) in [5, 5.41) is 11.5. The Hall–Kier alpha value is -1.96. The van der Waals surface area contributed by atoms with Crippen LogP contribution in [-0.4, -0.2) is 23.7 Å². The molecule has 0 spiro atoms. The number of benzene rings is 1. The average Bonchev–Trinajstić information content (AvgIpc) is 2.27. The van der Waals surface area contributed by atoms with Crippen molar-refractivity contribution in [2.45, 2.75) is 26.8 Å². The molecule has 19 heavy (non-hydrogen) atoms. The largest absolute Gasteiger partial charge is 0.345 e. The van der Waals surface area contributed by atoms with Gasteiger partial charge >= 0.3 is 10.2 Å². The summed E-state index contributed by atoms with van der Waals surface area (Å²) in [5.41, 5.74) is 0.387. The van der Waals surface area contributed by atoms with Crippen molar-refractivity contribution in [3.05, 3.63) is 38.4 Å². The van der Waals surface area contributed by atoms with Gasteiger partial charge in [-0.3, -0.25) is 14.4 Å². The molecule has 1 aliphatic rings. The zero-order chi connectivity index (χ0) is 14.4. The topological polar surface area (TPSA) is 92.9 Å². The fourth-order valence-corrected chi connectivity index (χ4v) is 3.25. The highest BCUT2D eigenvalue weighted by molar-refractivity contribution is 7.88. The highest BCUT2D eigenvalue weighted by atomic mass is 32.2. The third kappa shape index (κ3) is 2.30. The summed E-state index contributed by atoms with van der Waals surface area (Å²) >= 11 is 0. The van der Waals surface area contributed by atoms with Gasteiger partial charge in [0.15, 0.2) is 0 Å². The second kappa shape index (κ2) is 4.30. The first-order valence-electron chi connectivity index (χ1n) is 5.63. The Balaban J connectivity index is 2.83. The molecule has 102 valence electrons. The maximum Gasteiger partial charge on any atom is 0.345 e. The zero-order valence-electron chi connectivity index (χ0n) is 10.7. The highest BCUT2D eigenvalue weighted by Crippen LogP contribution is 2.13. The van der Waals surface area contributed by atoms with Crippen LogP contribution in [0.2, 0.25) is 0 Å². The van der Waals surface area contributed by atoms with Gasteiger partial charge in [-0.2, -0.15) is 8.42 Å². The number of non-ortho nitro benzene ring substituents is 1. The molecule has 0 N–H and O–H groups in total. The van der Waals surface area contributed by atoms with Gasteiger partial charge in [-0.15, -0.1) is 4.40 Å². The first-order chi connectivity index (χ1) is 8.72. The molecule has 0 bridgehead atoms. The van der Waals surface area contributed by atoms with E-state index in [9.17, 15) is 18.5 Å². The molecule has 0 radical (unpaired) electrons. The van der Waals surface area contributed by atoms with E-state index in [2.05, 4.69) is 4.40 Å². The fourth-order valence-electron chi connectivity index (χ4n) is 1.90. The molecule has 7 nitrogen and oxygen atoms in total. The quantitative estimate of drug-likeness (QED) is 0.573. The minimum atomic E-state index is -3.76. The Kier molecular flexibility index (Phi) is 3.05. The molecule has 1 aromatic rings. The van der Waals surface area contributed by atoms with Gasteiger partial charge in [-0.1, -0.05) is 0 Å². The third-order valence-corrected chi connectivity index (χ3v) is 4.25. The van der Waals surface area contributed by atoms with Gasteiger partial charge in [0.2, 0.25) is 0 Å². The minimum Gasteiger partial charge on any atom is -0.258 e. The number of nitrogens with zero attached hydrogens (tertiary/aromatic N) is 3. The summed E-state index contributed by atoms with van der Waals surface area (Å²) in [5.74, 6) is 0. The van der Waals surface area contributed by atoms with E-state index in [4.69, 9.17) is 0 Å². The van der Waals surface area contributed by atoms with E-state index < -0.39 is 15.1 Å². The molecule has 0 aliphatic carbocycles. The summed E-state index contributed by atoms with van der Waals surface area (Å²) < 4.78 is 28.7. The van der Waals surface area contributed by atoms with E-state index in [1.54, 1.807) is 20.8 Å². The van der Waals surface area contributed by atoms with Crippen LogP contribution >= 0.6 is 0 Å². The lowest BCUT2D eigenvalue weighted by Crippen LogP contribution is -2.43. The van der Waals surface area contributed by atoms with E-state index >= 15 is 0 Å². The number of hydrogen-bond acceptors (Lipinski definition) is 4. The van der Waals surface area contributed by atoms with Crippen molar-refractivity contribution in [1.29, 1.82) is 0 Å². The molecule has 0 aromatic heterocycles. The van der Waals surface area contributed by atoms with Gasteiger partial charge in [0.1, 0.15) is 0 Å². The summed E-state index contributed by atoms with van der Waals surface area (Å²) in [6.07, 6.45) is 1.39. The van der Waals surface area contributed by atoms with E-state index in [-0.39, 0.29) is 17.1 Å². The van der Waals surface area contributed by atoms with Gasteiger partial charge in [0.25, 0.3) is 5.69 Å². The van der Waals surface area contributed by atoms with Crippen LogP contribution in [-0.2, 0) is 10.2 Å². The van der Waals surface area contributed by atoms with Crippen molar-refractivity contribution in [3.8, 4) is 0 Å². The summed E-state index contributed by atoms with van der Waals surface area (Å²) in [4.78, 5) is 10.3. The van der Waals surface area contributed by atoms with Crippen LogP contribution in [0.3, 0.4) is 0 Å². The van der Waals surface area contributed by atoms with Crippen molar-refractivity contribution in [2.24, 2.45) is 4.40 Å². The Morgan fingerprint density at radius 1 is 1.37 bits per heavy atom. The van der Waals surface area contributed by atoms with Crippen molar-refractivity contribution < 1.29 is 13.3 Å². The van der Waals surface area contributed by atoms with Crippen LogP contribution in [0.5, 0.6) is 0 Å². The molecule has 0 saturated heterocycles. The standard InChI is InChI=1S/C11H13N3O4S/c1-7(2)13-6-9-5-10(14(15)16)4-8(3)11(9)12-19(13,17)18/h4-7H,1-3H3. The molecule has 1 aromatic carbocycles. The number of fused-ring (bicyclic) bond motifs is 1. The smallest absolute Gasteiger partial charge is 0.258 e. The molecular formula is C11H13N3O4S. The molecule has 0 fully saturated rings. The average molecular weight is 283 g/mol. The molecule has 0 amide bonds. The number of nitro benzene ring substituents is 1. The van der Waals surface area contributed by atoms with Crippen molar-refractivity contribution in [2.75, 3.05) is 0 Å². The SMILES string of the molecule is Cc1cc([N+](=O)[O-])cc2c1=NS(=O)(=O)N(C(C)C)C=2. The number of nitro groups is 1. The second-order valence-electron chi connectivity index (χ2n) is 4.58. The van der Waals surface area contributed by atoms with Crippen molar-refractivity contribution in [1.82, 2.24) is 4.31 Å². The van der Waals surface area contributed by atoms with Gasteiger partial charge in [-0.05, 0) is 26.3 Å². The highest BCUT2D eigenvalue weighted by Gasteiger charge is 2.24. The Bertz CT molecular complexity index is 768. The lowest BCUT2D eigenvalue weighted by atomic mass is 10.1. The van der Waals surface area contributed by atoms with E-state index in [0.717, 1.165) is 4.31 Å². The number of hydrogen-bond donors (Lipinski definition) is 0. The fraction of sp³-hybridized carbons (Fsp3) is 0.364. The summed E-state index contributed by atoms with van der Waals surface area (Å²) in [6.45, 7) is 5.02. The van der Waals surface area contributed by atoms with Crippen LogP contribution in [0, 0.1) is 17.0 Å².